The lowest BCUT2D eigenvalue weighted by Crippen LogP contribution is -2.09. The van der Waals surface area contributed by atoms with Crippen molar-refractivity contribution in [2.75, 3.05) is 13.2 Å². The molecule has 0 N–H and O–H groups in total. The van der Waals surface area contributed by atoms with Crippen LogP contribution in [0.25, 0.3) is 0 Å². The molecule has 0 bridgehead atoms. The van der Waals surface area contributed by atoms with E-state index >= 15 is 0 Å². The molecule has 198 valence electrons. The highest BCUT2D eigenvalue weighted by Gasteiger charge is 2.21. The zero-order valence-electron chi connectivity index (χ0n) is 21.6. The van der Waals surface area contributed by atoms with Crippen LogP contribution in [-0.4, -0.2) is 25.3 Å². The Hall–Kier alpha value is -4.95. The van der Waals surface area contributed by atoms with Gasteiger partial charge in [-0.15, -0.1) is 0 Å². The number of benzene rings is 3. The molecule has 1 unspecified atom stereocenters. The summed E-state index contributed by atoms with van der Waals surface area (Å²) < 4.78 is 38.7. The summed E-state index contributed by atoms with van der Waals surface area (Å²) in [7, 11) is 0. The molecule has 1 heterocycles. The van der Waals surface area contributed by atoms with Gasteiger partial charge in [-0.05, 0) is 67.4 Å². The minimum atomic E-state index is -0.677. The summed E-state index contributed by atoms with van der Waals surface area (Å²) in [6.45, 7) is 1.11. The molecule has 1 aliphatic heterocycles. The standard InChI is InChI=1S/C33H24F2N2O3/c34-31-18-24(10-14-27(31)20-36)7-6-23-8-12-26(13-9-25-11-15-28(21-37)32(35)19-25)30(17-23)33(38)39-16-4-2-1-3-5-29-22-40-29/h8,10-12,14-15,17-19,29H,1-5,16,22H2. The number of nitriles is 2. The highest BCUT2D eigenvalue weighted by atomic mass is 19.1. The maximum absolute atomic E-state index is 14.0. The van der Waals surface area contributed by atoms with Gasteiger partial charge >= 0.3 is 5.97 Å². The molecule has 3 aromatic rings. The van der Waals surface area contributed by atoms with Crippen LogP contribution in [0.2, 0.25) is 0 Å². The normalized spacial score (nSPS) is 13.1. The Morgan fingerprint density at radius 1 is 0.775 bits per heavy atom. The van der Waals surface area contributed by atoms with Gasteiger partial charge in [-0.2, -0.15) is 10.5 Å². The Morgan fingerprint density at radius 3 is 1.85 bits per heavy atom. The van der Waals surface area contributed by atoms with E-state index in [4.69, 9.17) is 20.0 Å². The molecule has 1 atom stereocenters. The molecular formula is C33H24F2N2O3. The van der Waals surface area contributed by atoms with Crippen molar-refractivity contribution in [1.29, 1.82) is 10.5 Å². The van der Waals surface area contributed by atoms with Crippen molar-refractivity contribution in [2.24, 2.45) is 0 Å². The van der Waals surface area contributed by atoms with Crippen LogP contribution in [0.3, 0.4) is 0 Å². The fraction of sp³-hybridized carbons (Fsp3) is 0.242. The number of hydrogen-bond acceptors (Lipinski definition) is 5. The van der Waals surface area contributed by atoms with E-state index in [-0.39, 0.29) is 23.3 Å². The number of halogens is 2. The minimum absolute atomic E-state index is 0.0717. The van der Waals surface area contributed by atoms with Gasteiger partial charge in [0.1, 0.15) is 23.8 Å². The first-order chi connectivity index (χ1) is 19.5. The lowest BCUT2D eigenvalue weighted by atomic mass is 10.0. The molecule has 1 fully saturated rings. The average Bonchev–Trinajstić information content (AvgIpc) is 3.79. The molecule has 5 nitrogen and oxygen atoms in total. The number of rotatable bonds is 8. The van der Waals surface area contributed by atoms with E-state index in [1.54, 1.807) is 30.3 Å². The third-order valence-electron chi connectivity index (χ3n) is 6.17. The van der Waals surface area contributed by atoms with Crippen molar-refractivity contribution in [3.63, 3.8) is 0 Å². The number of nitrogens with zero attached hydrogens (tertiary/aromatic N) is 2. The molecule has 3 aromatic carbocycles. The van der Waals surface area contributed by atoms with Crippen molar-refractivity contribution in [3.05, 3.63) is 105 Å². The largest absolute Gasteiger partial charge is 0.462 e. The number of esters is 1. The number of carbonyl (C=O) groups is 1. The molecule has 0 aromatic heterocycles. The minimum Gasteiger partial charge on any atom is -0.462 e. The predicted molar refractivity (Wildman–Crippen MR) is 144 cm³/mol. The number of unbranched alkanes of at least 4 members (excludes halogenated alkanes) is 3. The summed E-state index contributed by atoms with van der Waals surface area (Å²) in [5.41, 5.74) is 1.62. The van der Waals surface area contributed by atoms with Gasteiger partial charge < -0.3 is 9.47 Å². The van der Waals surface area contributed by atoms with Crippen LogP contribution < -0.4 is 0 Å². The van der Waals surface area contributed by atoms with E-state index in [9.17, 15) is 13.6 Å². The Morgan fingerprint density at radius 2 is 1.30 bits per heavy atom. The summed E-state index contributed by atoms with van der Waals surface area (Å²) in [4.78, 5) is 13.0. The Labute approximate surface area is 232 Å². The molecule has 40 heavy (non-hydrogen) atoms. The number of hydrogen-bond donors (Lipinski definition) is 0. The van der Waals surface area contributed by atoms with Gasteiger partial charge in [-0.1, -0.05) is 42.9 Å². The molecule has 0 radical (unpaired) electrons. The van der Waals surface area contributed by atoms with Crippen molar-refractivity contribution < 1.29 is 23.0 Å². The lowest BCUT2D eigenvalue weighted by Gasteiger charge is -2.07. The van der Waals surface area contributed by atoms with E-state index in [2.05, 4.69) is 23.7 Å². The molecule has 7 heteroatoms. The summed E-state index contributed by atoms with van der Waals surface area (Å²) in [5, 5.41) is 17.8. The van der Waals surface area contributed by atoms with Crippen molar-refractivity contribution >= 4 is 5.97 Å². The van der Waals surface area contributed by atoms with Gasteiger partial charge in [-0.25, -0.2) is 13.6 Å². The second kappa shape index (κ2) is 13.7. The quantitative estimate of drug-likeness (QED) is 0.153. The highest BCUT2D eigenvalue weighted by molar-refractivity contribution is 5.93. The summed E-state index contributed by atoms with van der Waals surface area (Å²) in [6.07, 6.45) is 5.27. The van der Waals surface area contributed by atoms with Gasteiger partial charge in [-0.3, -0.25) is 0 Å². The summed E-state index contributed by atoms with van der Waals surface area (Å²) >= 11 is 0. The van der Waals surface area contributed by atoms with E-state index in [1.807, 2.05) is 0 Å². The molecule has 0 saturated carbocycles. The molecule has 0 amide bonds. The van der Waals surface area contributed by atoms with E-state index in [0.717, 1.165) is 44.8 Å². The van der Waals surface area contributed by atoms with E-state index in [0.29, 0.717) is 28.4 Å². The van der Waals surface area contributed by atoms with Gasteiger partial charge in [0.2, 0.25) is 0 Å². The molecule has 1 aliphatic rings. The topological polar surface area (TPSA) is 86.4 Å². The molecule has 0 spiro atoms. The van der Waals surface area contributed by atoms with Gasteiger partial charge in [0, 0.05) is 22.3 Å². The third kappa shape index (κ3) is 8.02. The number of epoxide rings is 1. The zero-order chi connectivity index (χ0) is 28.3. The molecule has 0 aliphatic carbocycles. The number of ether oxygens (including phenoxy) is 2. The second-order valence-corrected chi connectivity index (χ2v) is 9.17. The first-order valence-electron chi connectivity index (χ1n) is 12.8. The molecule has 1 saturated heterocycles. The third-order valence-corrected chi connectivity index (χ3v) is 6.17. The monoisotopic (exact) mass is 534 g/mol. The maximum atomic E-state index is 14.0. The van der Waals surface area contributed by atoms with Crippen LogP contribution in [0, 0.1) is 58.0 Å². The van der Waals surface area contributed by atoms with Gasteiger partial charge in [0.05, 0.1) is 36.0 Å². The van der Waals surface area contributed by atoms with Crippen LogP contribution in [0.4, 0.5) is 8.78 Å². The highest BCUT2D eigenvalue weighted by Crippen LogP contribution is 2.18. The van der Waals surface area contributed by atoms with Crippen molar-refractivity contribution in [2.45, 2.75) is 38.2 Å². The molecular weight excluding hydrogens is 510 g/mol. The molecule has 4 rings (SSSR count). The average molecular weight is 535 g/mol. The van der Waals surface area contributed by atoms with Crippen molar-refractivity contribution in [1.82, 2.24) is 0 Å². The van der Waals surface area contributed by atoms with Crippen LogP contribution in [0.15, 0.2) is 54.6 Å². The fourth-order valence-corrected chi connectivity index (χ4v) is 3.86. The van der Waals surface area contributed by atoms with Crippen LogP contribution in [0.5, 0.6) is 0 Å². The van der Waals surface area contributed by atoms with Crippen LogP contribution >= 0.6 is 0 Å². The maximum Gasteiger partial charge on any atom is 0.339 e. The smallest absolute Gasteiger partial charge is 0.339 e. The van der Waals surface area contributed by atoms with E-state index < -0.39 is 17.6 Å². The summed E-state index contributed by atoms with van der Waals surface area (Å²) in [6, 6.07) is 16.5. The zero-order valence-corrected chi connectivity index (χ0v) is 21.6. The number of carbonyl (C=O) groups excluding carboxylic acids is 1. The Balaban J connectivity index is 1.52. The predicted octanol–water partition coefficient (Wildman–Crippen LogP) is 6.01. The van der Waals surface area contributed by atoms with Gasteiger partial charge in [0.15, 0.2) is 0 Å². The fourth-order valence-electron chi connectivity index (χ4n) is 3.86. The summed E-state index contributed by atoms with van der Waals surface area (Å²) in [5.74, 6) is 9.55. The Kier molecular flexibility index (Phi) is 9.63. The van der Waals surface area contributed by atoms with Crippen molar-refractivity contribution in [3.8, 4) is 35.8 Å². The SMILES string of the molecule is N#Cc1ccc(C#Cc2ccc(C#Cc3ccc(C#N)c(F)c3)c(C(=O)OCCCCCCC3CO3)c2)cc1F. The van der Waals surface area contributed by atoms with Crippen LogP contribution in [0.1, 0.15) is 75.8 Å². The van der Waals surface area contributed by atoms with E-state index in [1.165, 1.54) is 30.3 Å². The first kappa shape index (κ1) is 28.1. The Bertz CT molecular complexity index is 1620. The first-order valence-corrected chi connectivity index (χ1v) is 12.8. The van der Waals surface area contributed by atoms with Gasteiger partial charge in [0.25, 0.3) is 0 Å². The second-order valence-electron chi connectivity index (χ2n) is 9.17. The van der Waals surface area contributed by atoms with Crippen LogP contribution in [-0.2, 0) is 9.47 Å². The lowest BCUT2D eigenvalue weighted by molar-refractivity contribution is 0.0497.